The van der Waals surface area contributed by atoms with Crippen molar-refractivity contribution in [1.29, 1.82) is 0 Å². The van der Waals surface area contributed by atoms with Crippen molar-refractivity contribution in [2.45, 2.75) is 32.7 Å². The summed E-state index contributed by atoms with van der Waals surface area (Å²) in [5.74, 6) is 2.36. The normalized spacial score (nSPS) is 16.3. The molecule has 1 N–H and O–H groups in total. The van der Waals surface area contributed by atoms with E-state index in [-0.39, 0.29) is 6.04 Å². The smallest absolute Gasteiger partial charge is 0.258 e. The fourth-order valence-corrected chi connectivity index (χ4v) is 4.76. The highest BCUT2D eigenvalue weighted by molar-refractivity contribution is 7.80. The fraction of sp³-hybridized carbons (Fsp3) is 0.348. The van der Waals surface area contributed by atoms with E-state index >= 15 is 0 Å². The molecule has 0 radical (unpaired) electrons. The van der Waals surface area contributed by atoms with Crippen LogP contribution in [0.3, 0.4) is 0 Å². The van der Waals surface area contributed by atoms with Crippen LogP contribution < -0.4 is 14.8 Å². The van der Waals surface area contributed by atoms with Gasteiger partial charge in [0.1, 0.15) is 0 Å². The summed E-state index contributed by atoms with van der Waals surface area (Å²) in [6.07, 6.45) is 2.10. The summed E-state index contributed by atoms with van der Waals surface area (Å²) in [6, 6.07) is 9.52. The summed E-state index contributed by atoms with van der Waals surface area (Å²) in [4.78, 5) is 7.80. The number of thiophene rings is 1. The van der Waals surface area contributed by atoms with Crippen LogP contribution in [0.15, 0.2) is 45.9 Å². The number of thiocarbonyl (C=S) groups is 1. The van der Waals surface area contributed by atoms with E-state index < -0.39 is 0 Å². The molecule has 168 valence electrons. The van der Waals surface area contributed by atoms with Crippen LogP contribution in [0.2, 0.25) is 0 Å². The topological polar surface area (TPSA) is 72.7 Å². The number of aromatic nitrogens is 2. The van der Waals surface area contributed by atoms with Gasteiger partial charge in [-0.25, -0.2) is 0 Å². The molecule has 1 aliphatic rings. The van der Waals surface area contributed by atoms with E-state index in [0.717, 1.165) is 41.1 Å². The predicted octanol–water partition coefficient (Wildman–Crippen LogP) is 5.28. The summed E-state index contributed by atoms with van der Waals surface area (Å²) in [5, 5.41) is 10.4. The van der Waals surface area contributed by atoms with Gasteiger partial charge in [0.15, 0.2) is 16.6 Å². The molecule has 9 heteroatoms. The minimum absolute atomic E-state index is 0.267. The molecule has 0 fully saturated rings. The van der Waals surface area contributed by atoms with Crippen molar-refractivity contribution in [1.82, 2.24) is 20.4 Å². The van der Waals surface area contributed by atoms with Crippen LogP contribution in [0, 0.1) is 0 Å². The molecule has 7 nitrogen and oxygen atoms in total. The molecule has 4 rings (SSSR count). The molecule has 0 spiro atoms. The first-order chi connectivity index (χ1) is 15.6. The molecule has 2 aromatic heterocycles. The van der Waals surface area contributed by atoms with Gasteiger partial charge in [-0.3, -0.25) is 0 Å². The van der Waals surface area contributed by atoms with Crippen LogP contribution in [-0.2, 0) is 0 Å². The number of hydrogen-bond donors (Lipinski definition) is 1. The van der Waals surface area contributed by atoms with Crippen LogP contribution in [0.1, 0.15) is 44.2 Å². The highest BCUT2D eigenvalue weighted by atomic mass is 32.1. The SMILES string of the molecule is CCCCN1C(=S)NC(c2ccc(OC)c(OC)c2)C(c2nc(-c3cccs3)no2)=C1C. The van der Waals surface area contributed by atoms with Crippen LogP contribution in [-0.4, -0.2) is 40.9 Å². The average molecular weight is 471 g/mol. The van der Waals surface area contributed by atoms with E-state index in [0.29, 0.717) is 28.3 Å². The minimum Gasteiger partial charge on any atom is -0.493 e. The number of nitrogens with zero attached hydrogens (tertiary/aromatic N) is 3. The van der Waals surface area contributed by atoms with Crippen molar-refractivity contribution < 1.29 is 14.0 Å². The molecule has 0 saturated carbocycles. The molecule has 1 aromatic carbocycles. The lowest BCUT2D eigenvalue weighted by Gasteiger charge is -2.37. The Bertz CT molecular complexity index is 1120. The van der Waals surface area contributed by atoms with E-state index in [1.54, 1.807) is 25.6 Å². The van der Waals surface area contributed by atoms with Gasteiger partial charge in [-0.15, -0.1) is 11.3 Å². The molecular formula is C23H26N4O3S2. The number of ether oxygens (including phenoxy) is 2. The van der Waals surface area contributed by atoms with E-state index in [1.807, 2.05) is 35.7 Å². The quantitative estimate of drug-likeness (QED) is 0.446. The van der Waals surface area contributed by atoms with Gasteiger partial charge < -0.3 is 24.2 Å². The van der Waals surface area contributed by atoms with Crippen LogP contribution >= 0.6 is 23.6 Å². The monoisotopic (exact) mass is 470 g/mol. The van der Waals surface area contributed by atoms with Gasteiger partial charge in [-0.1, -0.05) is 30.6 Å². The Morgan fingerprint density at radius 2 is 2.03 bits per heavy atom. The molecule has 1 unspecified atom stereocenters. The summed E-state index contributed by atoms with van der Waals surface area (Å²) in [6.45, 7) is 5.04. The third kappa shape index (κ3) is 4.22. The highest BCUT2D eigenvalue weighted by Crippen LogP contribution is 2.40. The van der Waals surface area contributed by atoms with Gasteiger partial charge >= 0.3 is 0 Å². The number of unbranched alkanes of at least 4 members (excludes halogenated alkanes) is 1. The Morgan fingerprint density at radius 3 is 2.72 bits per heavy atom. The predicted molar refractivity (Wildman–Crippen MR) is 130 cm³/mol. The molecule has 3 heterocycles. The third-order valence-corrected chi connectivity index (χ3v) is 6.67. The van der Waals surface area contributed by atoms with Crippen molar-refractivity contribution in [3.8, 4) is 22.2 Å². The summed E-state index contributed by atoms with van der Waals surface area (Å²) in [5.41, 5.74) is 2.87. The molecule has 0 saturated heterocycles. The molecule has 32 heavy (non-hydrogen) atoms. The lowest BCUT2D eigenvalue weighted by atomic mass is 9.94. The fourth-order valence-electron chi connectivity index (χ4n) is 3.76. The number of benzene rings is 1. The summed E-state index contributed by atoms with van der Waals surface area (Å²) >= 11 is 7.31. The number of allylic oxidation sites excluding steroid dienone is 1. The van der Waals surface area contributed by atoms with Crippen molar-refractivity contribution in [2.75, 3.05) is 20.8 Å². The Morgan fingerprint density at radius 1 is 1.22 bits per heavy atom. The lowest BCUT2D eigenvalue weighted by Crippen LogP contribution is -2.46. The Kier molecular flexibility index (Phi) is 6.76. The molecule has 0 aliphatic carbocycles. The largest absolute Gasteiger partial charge is 0.493 e. The first-order valence-corrected chi connectivity index (χ1v) is 11.7. The van der Waals surface area contributed by atoms with Crippen molar-refractivity contribution in [2.24, 2.45) is 0 Å². The van der Waals surface area contributed by atoms with Crippen LogP contribution in [0.4, 0.5) is 0 Å². The van der Waals surface area contributed by atoms with E-state index in [2.05, 4.69) is 29.2 Å². The highest BCUT2D eigenvalue weighted by Gasteiger charge is 2.34. The summed E-state index contributed by atoms with van der Waals surface area (Å²) < 4.78 is 16.7. The van der Waals surface area contributed by atoms with E-state index in [9.17, 15) is 0 Å². The molecule has 1 atom stereocenters. The molecule has 0 bridgehead atoms. The minimum atomic E-state index is -0.267. The first-order valence-electron chi connectivity index (χ1n) is 10.5. The van der Waals surface area contributed by atoms with Gasteiger partial charge in [0.25, 0.3) is 5.89 Å². The van der Waals surface area contributed by atoms with Gasteiger partial charge in [0.05, 0.1) is 30.7 Å². The number of rotatable bonds is 8. The Labute approximate surface area is 197 Å². The second kappa shape index (κ2) is 9.70. The van der Waals surface area contributed by atoms with Crippen LogP contribution in [0.5, 0.6) is 11.5 Å². The van der Waals surface area contributed by atoms with Crippen molar-refractivity contribution in [3.05, 3.63) is 52.9 Å². The molecule has 3 aromatic rings. The van der Waals surface area contributed by atoms with Gasteiger partial charge in [-0.2, -0.15) is 4.98 Å². The van der Waals surface area contributed by atoms with E-state index in [4.69, 9.17) is 31.2 Å². The molecule has 1 aliphatic heterocycles. The maximum absolute atomic E-state index is 5.76. The second-order valence-corrected chi connectivity index (χ2v) is 8.74. The van der Waals surface area contributed by atoms with Gasteiger partial charge in [0, 0.05) is 12.2 Å². The zero-order chi connectivity index (χ0) is 22.7. The van der Waals surface area contributed by atoms with Gasteiger partial charge in [-0.05, 0) is 54.7 Å². The Balaban J connectivity index is 1.81. The summed E-state index contributed by atoms with van der Waals surface area (Å²) in [7, 11) is 3.25. The van der Waals surface area contributed by atoms with Crippen LogP contribution in [0.25, 0.3) is 16.3 Å². The number of methoxy groups -OCH3 is 2. The maximum atomic E-state index is 5.76. The second-order valence-electron chi connectivity index (χ2n) is 7.40. The van der Waals surface area contributed by atoms with Crippen molar-refractivity contribution >= 4 is 34.2 Å². The Hall–Kier alpha value is -2.91. The zero-order valence-electron chi connectivity index (χ0n) is 18.5. The number of hydrogen-bond acceptors (Lipinski definition) is 7. The standard InChI is InChI=1S/C23H26N4O3S2/c1-5-6-11-27-14(2)19(22-25-21(26-30-22)18-8-7-12-32-18)20(24-23(27)31)15-9-10-16(28-3)17(13-15)29-4/h7-10,12-13,20H,5-6,11H2,1-4H3,(H,24,31). The lowest BCUT2D eigenvalue weighted by molar-refractivity contribution is 0.354. The molecular weight excluding hydrogens is 444 g/mol. The molecule has 0 amide bonds. The van der Waals surface area contributed by atoms with Crippen molar-refractivity contribution in [3.63, 3.8) is 0 Å². The van der Waals surface area contributed by atoms with E-state index in [1.165, 1.54) is 0 Å². The van der Waals surface area contributed by atoms with Gasteiger partial charge in [0.2, 0.25) is 5.82 Å². The average Bonchev–Trinajstić information content (AvgIpc) is 3.50. The maximum Gasteiger partial charge on any atom is 0.258 e. The number of nitrogens with one attached hydrogen (secondary N) is 1. The zero-order valence-corrected chi connectivity index (χ0v) is 20.2. The first kappa shape index (κ1) is 22.3. The third-order valence-electron chi connectivity index (χ3n) is 5.47.